The second-order valence-corrected chi connectivity index (χ2v) is 28.3. The molecule has 0 N–H and O–H groups in total. The fraction of sp³-hybridized carbons (Fsp3) is 0.533. The first-order chi connectivity index (χ1) is 51.0. The van der Waals surface area contributed by atoms with E-state index in [9.17, 15) is 28.8 Å². The van der Waals surface area contributed by atoms with Crippen LogP contribution in [0.3, 0.4) is 0 Å². The first-order valence-electron chi connectivity index (χ1n) is 38.9. The fourth-order valence-corrected chi connectivity index (χ4v) is 11.2. The van der Waals surface area contributed by atoms with Gasteiger partial charge in [0.1, 0.15) is 78.9 Å². The van der Waals surface area contributed by atoms with Gasteiger partial charge in [-0.3, -0.25) is 0 Å². The van der Waals surface area contributed by atoms with E-state index in [2.05, 4.69) is 109 Å². The molecule has 108 heavy (non-hydrogen) atoms. The topological polar surface area (TPSA) is 158 Å². The number of terminal acetylenes is 2. The Kier molecular flexibility index (Phi) is 60.0. The van der Waals surface area contributed by atoms with Gasteiger partial charge >= 0.3 is 35.8 Å². The van der Waals surface area contributed by atoms with Crippen molar-refractivity contribution in [3.8, 4) is 24.7 Å². The van der Waals surface area contributed by atoms with E-state index in [-0.39, 0.29) is 31.3 Å². The Labute approximate surface area is 655 Å². The number of hydrogen-bond donors (Lipinski definition) is 0. The van der Waals surface area contributed by atoms with Crippen LogP contribution in [0.2, 0.25) is 0 Å². The molecule has 4 aromatic carbocycles. The maximum absolute atomic E-state index is 11.8. The molecule has 0 heterocycles. The lowest BCUT2D eigenvalue weighted by Crippen LogP contribution is -2.51. The van der Waals surface area contributed by atoms with Crippen LogP contribution in [-0.4, -0.2) is 262 Å². The van der Waals surface area contributed by atoms with Gasteiger partial charge in [0.25, 0.3) is 0 Å². The summed E-state index contributed by atoms with van der Waals surface area (Å²) in [7, 11) is 12.2. The standard InChI is InChI=1S/C20H32NO2.C19H30NO2.C17H26NO2.C14H20NO2.C11H20NO2.C8H14NO2.CH4/c1-4-7-16-21(6-3,15-5-2)17-18-23-20(22)14-13-19-11-9-8-10-12-19;1-4-14-20(6-3,15-5-2)16-17-22-19(21)13-12-18-10-8-7-9-11-18;1-4-18(5-2,6-3)14-15-20-17(19)13-12-16-10-8-7-9-11-16;1-15(2,3)11-12-17-14(16)10-9-13-7-5-4-6-8-13;1-5-11(13)14-10-9-12(6-2,7-3)8-4;1-5-8(10)11-7-6-9(2,3)4;/h8-14H,4-7,15-18H2,1-3H3;7-13H,4-6,14-17H2,1-3H3;7-13H,4-6,14-15H2,1-3H3;4-10H,11-12H2,1-3H3;1H,6-10H2,2-4H3;1H,6-7H2,2-4H3;1H4/q6*+1;/b14-13+;2*13-12+;10-9+;;;. The second kappa shape index (κ2) is 62.4. The highest BCUT2D eigenvalue weighted by molar-refractivity contribution is 5.89. The lowest BCUT2D eigenvalue weighted by molar-refractivity contribution is -0.926. The number of likely N-dealkylation sites (N-methyl/N-ethyl adjacent to an activating group) is 6. The van der Waals surface area contributed by atoms with Crippen molar-refractivity contribution in [1.82, 2.24) is 0 Å². The molecule has 0 aliphatic rings. The summed E-state index contributed by atoms with van der Waals surface area (Å²) in [6.45, 7) is 47.4. The number of rotatable bonds is 43. The predicted molar refractivity (Wildman–Crippen MR) is 448 cm³/mol. The van der Waals surface area contributed by atoms with Gasteiger partial charge in [-0.25, -0.2) is 28.8 Å². The van der Waals surface area contributed by atoms with Crippen molar-refractivity contribution in [3.63, 3.8) is 0 Å². The van der Waals surface area contributed by atoms with Crippen molar-refractivity contribution in [2.24, 2.45) is 0 Å². The maximum atomic E-state index is 11.8. The third-order valence-electron chi connectivity index (χ3n) is 18.8. The van der Waals surface area contributed by atoms with Gasteiger partial charge in [0.15, 0.2) is 0 Å². The molecule has 4 aromatic rings. The summed E-state index contributed by atoms with van der Waals surface area (Å²) in [5.74, 6) is 1.60. The summed E-state index contributed by atoms with van der Waals surface area (Å²) in [6.07, 6.45) is 28.7. The molecule has 0 fully saturated rings. The predicted octanol–water partition coefficient (Wildman–Crippen LogP) is 14.8. The van der Waals surface area contributed by atoms with E-state index < -0.39 is 11.9 Å². The van der Waals surface area contributed by atoms with Gasteiger partial charge in [-0.15, -0.1) is 12.8 Å². The minimum Gasteiger partial charge on any atom is -0.457 e. The third-order valence-corrected chi connectivity index (χ3v) is 18.8. The minimum atomic E-state index is -0.585. The number of benzene rings is 4. The summed E-state index contributed by atoms with van der Waals surface area (Å²) in [6, 6.07) is 39.0. The average molecular weight is 1500 g/mol. The molecule has 1 atom stereocenters. The Bertz CT molecular complexity index is 3170. The third kappa shape index (κ3) is 53.3. The van der Waals surface area contributed by atoms with Crippen LogP contribution in [0, 0.1) is 24.7 Å². The summed E-state index contributed by atoms with van der Waals surface area (Å²) >= 11 is 0. The van der Waals surface area contributed by atoms with Gasteiger partial charge in [0.05, 0.1) is 121 Å². The summed E-state index contributed by atoms with van der Waals surface area (Å²) in [4.78, 5) is 67.8. The monoisotopic (exact) mass is 1500 g/mol. The SMILES string of the molecule is C.C#CC(=O)OCC[N+](C)(C)C.C#CC(=O)OCC[N+](CC)(CC)CC.CCCC[N+](CC)(CCC)CCOC(=O)/C=C/c1ccccc1.CCC[N+](CC)(CCC)CCOC(=O)/C=C/c1ccccc1.CC[N+](CC)(CC)CCOC(=O)/C=C/c1ccccc1.C[N+](C)(C)CCOC(=O)/C=C/c1ccccc1. The zero-order chi connectivity index (χ0) is 80.7. The van der Waals surface area contributed by atoms with Crippen molar-refractivity contribution in [1.29, 1.82) is 0 Å². The molecule has 602 valence electrons. The fourth-order valence-electron chi connectivity index (χ4n) is 11.2. The van der Waals surface area contributed by atoms with Gasteiger partial charge in [-0.1, -0.05) is 163 Å². The molecule has 4 rings (SSSR count). The molecule has 0 bridgehead atoms. The summed E-state index contributed by atoms with van der Waals surface area (Å²) < 4.78 is 36.3. The molecule has 1 unspecified atom stereocenters. The summed E-state index contributed by atoms with van der Waals surface area (Å²) in [5, 5.41) is 0. The molecule has 18 nitrogen and oxygen atoms in total. The van der Waals surface area contributed by atoms with E-state index in [4.69, 9.17) is 36.5 Å². The molecular formula is C90H146N6O12+6. The van der Waals surface area contributed by atoms with Crippen LogP contribution >= 0.6 is 0 Å². The van der Waals surface area contributed by atoms with E-state index in [1.807, 2.05) is 154 Å². The highest BCUT2D eigenvalue weighted by Crippen LogP contribution is 2.14. The van der Waals surface area contributed by atoms with Crippen LogP contribution in [-0.2, 0) is 57.2 Å². The van der Waals surface area contributed by atoms with Crippen LogP contribution in [0.15, 0.2) is 146 Å². The smallest absolute Gasteiger partial charge is 0.384 e. The van der Waals surface area contributed by atoms with Gasteiger partial charge in [0.2, 0.25) is 0 Å². The Balaban J connectivity index is -0.00000124. The number of nitrogens with zero attached hydrogens (tertiary/aromatic N) is 6. The molecule has 0 saturated carbocycles. The molecule has 0 saturated heterocycles. The Morgan fingerprint density at radius 1 is 0.296 bits per heavy atom. The zero-order valence-electron chi connectivity index (χ0n) is 69.4. The van der Waals surface area contributed by atoms with Crippen LogP contribution in [0.1, 0.15) is 145 Å². The number of ether oxygens (including phenoxy) is 6. The van der Waals surface area contributed by atoms with Crippen molar-refractivity contribution in [3.05, 3.63) is 168 Å². The van der Waals surface area contributed by atoms with Crippen LogP contribution < -0.4 is 0 Å². The lowest BCUT2D eigenvalue weighted by atomic mass is 10.2. The zero-order valence-corrected chi connectivity index (χ0v) is 69.4. The van der Waals surface area contributed by atoms with E-state index in [0.717, 1.165) is 173 Å². The van der Waals surface area contributed by atoms with Crippen LogP contribution in [0.5, 0.6) is 0 Å². The minimum absolute atomic E-state index is 0. The first-order valence-corrected chi connectivity index (χ1v) is 38.9. The van der Waals surface area contributed by atoms with Gasteiger partial charge in [-0.2, -0.15) is 0 Å². The first kappa shape index (κ1) is 104. The van der Waals surface area contributed by atoms with Crippen LogP contribution in [0.25, 0.3) is 24.3 Å². The normalized spacial score (nSPS) is 11.8. The quantitative estimate of drug-likeness (QED) is 0.0103. The van der Waals surface area contributed by atoms with Gasteiger partial charge in [0, 0.05) is 36.1 Å². The van der Waals surface area contributed by atoms with E-state index in [1.165, 1.54) is 50.1 Å². The number of carbonyl (C=O) groups excluding carboxylic acids is 6. The van der Waals surface area contributed by atoms with Crippen molar-refractivity contribution < 1.29 is 84.1 Å². The molecule has 0 spiro atoms. The van der Waals surface area contributed by atoms with E-state index in [1.54, 1.807) is 24.3 Å². The number of esters is 6. The van der Waals surface area contributed by atoms with Crippen molar-refractivity contribution >= 4 is 60.1 Å². The molecule has 0 aromatic heterocycles. The molecular weight excluding hydrogens is 1360 g/mol. The molecule has 0 amide bonds. The Hall–Kier alpha value is -8.46. The highest BCUT2D eigenvalue weighted by atomic mass is 16.6. The Morgan fingerprint density at radius 2 is 0.509 bits per heavy atom. The van der Waals surface area contributed by atoms with Crippen molar-refractivity contribution in [2.45, 2.75) is 123 Å². The second-order valence-electron chi connectivity index (χ2n) is 28.3. The van der Waals surface area contributed by atoms with Gasteiger partial charge < -0.3 is 55.3 Å². The largest absolute Gasteiger partial charge is 0.457 e. The maximum Gasteiger partial charge on any atom is 0.384 e. The molecule has 18 heteroatoms. The Morgan fingerprint density at radius 3 is 0.722 bits per heavy atom. The van der Waals surface area contributed by atoms with E-state index >= 15 is 0 Å². The van der Waals surface area contributed by atoms with E-state index in [0.29, 0.717) is 39.6 Å². The molecule has 0 radical (unpaired) electrons. The van der Waals surface area contributed by atoms with Crippen LogP contribution in [0.4, 0.5) is 0 Å². The number of carbonyl (C=O) groups is 6. The molecule has 0 aliphatic carbocycles. The van der Waals surface area contributed by atoms with Gasteiger partial charge in [-0.05, 0) is 128 Å². The molecule has 0 aliphatic heterocycles. The number of quaternary nitrogens is 6. The van der Waals surface area contributed by atoms with Crippen molar-refractivity contribution in [2.75, 3.05) is 200 Å². The number of hydrogen-bond acceptors (Lipinski definition) is 12. The average Bonchev–Trinajstić information content (AvgIpc) is 0.890. The lowest BCUT2D eigenvalue weighted by Gasteiger charge is -2.37. The summed E-state index contributed by atoms with van der Waals surface area (Å²) in [5.41, 5.74) is 4.02. The number of unbranched alkanes of at least 4 members (excludes halogenated alkanes) is 1. The highest BCUT2D eigenvalue weighted by Gasteiger charge is 2.26.